The van der Waals surface area contributed by atoms with E-state index in [2.05, 4.69) is 29.6 Å². The van der Waals surface area contributed by atoms with Crippen molar-refractivity contribution < 1.29 is 9.53 Å². The van der Waals surface area contributed by atoms with Crippen LogP contribution in [0.1, 0.15) is 5.56 Å². The molecule has 1 N–H and O–H groups in total. The zero-order valence-electron chi connectivity index (χ0n) is 12.0. The molecule has 0 amide bonds. The van der Waals surface area contributed by atoms with Crippen molar-refractivity contribution in [3.8, 4) is 0 Å². The molecular formula is C17H19NO2Se. The van der Waals surface area contributed by atoms with E-state index < -0.39 is 0 Å². The molecule has 0 saturated carbocycles. The minimum absolute atomic E-state index is 0.0675. The van der Waals surface area contributed by atoms with Gasteiger partial charge >= 0.3 is 131 Å². The topological polar surface area (TPSA) is 38.3 Å². The number of rotatable bonds is 7. The number of ether oxygens (including phenoxy) is 1. The van der Waals surface area contributed by atoms with Crippen molar-refractivity contribution in [2.24, 2.45) is 0 Å². The first kappa shape index (κ1) is 15.8. The zero-order valence-corrected chi connectivity index (χ0v) is 13.7. The summed E-state index contributed by atoms with van der Waals surface area (Å²) in [5.74, 6) is -0.139. The van der Waals surface area contributed by atoms with E-state index in [1.807, 2.05) is 36.4 Å². The van der Waals surface area contributed by atoms with Crippen LogP contribution in [0.15, 0.2) is 60.7 Å². The van der Waals surface area contributed by atoms with E-state index in [0.29, 0.717) is 6.54 Å². The van der Waals surface area contributed by atoms with Crippen LogP contribution in [0.25, 0.3) is 0 Å². The van der Waals surface area contributed by atoms with E-state index in [4.69, 9.17) is 4.74 Å². The third-order valence-electron chi connectivity index (χ3n) is 2.99. The molecule has 0 radical (unpaired) electrons. The summed E-state index contributed by atoms with van der Waals surface area (Å²) in [4.78, 5) is 11.8. The fourth-order valence-corrected chi connectivity index (χ4v) is 4.09. The summed E-state index contributed by atoms with van der Waals surface area (Å²) in [7, 11) is 1.45. The standard InChI is InChI=1S/C17H19NO2Se/c1-20-17(19)16(21-15-10-6-3-7-11-15)13-18-12-14-8-4-2-5-9-14/h2-11,16,18H,12-13H2,1H3/t16-/m1/s1. The number of benzene rings is 2. The molecule has 110 valence electrons. The molecule has 0 aliphatic rings. The fourth-order valence-electron chi connectivity index (χ4n) is 1.91. The van der Waals surface area contributed by atoms with E-state index in [1.165, 1.54) is 17.1 Å². The van der Waals surface area contributed by atoms with Crippen LogP contribution in [0, 0.1) is 0 Å². The molecule has 2 rings (SSSR count). The Morgan fingerprint density at radius 1 is 1.10 bits per heavy atom. The maximum atomic E-state index is 11.9. The molecular weight excluding hydrogens is 329 g/mol. The molecule has 0 spiro atoms. The Morgan fingerprint density at radius 3 is 2.33 bits per heavy atom. The molecule has 0 fully saturated rings. The van der Waals surface area contributed by atoms with Gasteiger partial charge < -0.3 is 0 Å². The second kappa shape index (κ2) is 8.63. The molecule has 2 aromatic carbocycles. The second-order valence-corrected chi connectivity index (χ2v) is 7.24. The van der Waals surface area contributed by atoms with E-state index in [9.17, 15) is 4.79 Å². The minimum atomic E-state index is -0.139. The first-order chi connectivity index (χ1) is 10.3. The number of methoxy groups -OCH3 is 1. The van der Waals surface area contributed by atoms with Gasteiger partial charge in [-0.1, -0.05) is 0 Å². The Balaban J connectivity index is 1.89. The molecule has 0 aliphatic heterocycles. The summed E-state index contributed by atoms with van der Waals surface area (Å²) in [5.41, 5.74) is 1.22. The number of nitrogens with one attached hydrogen (secondary N) is 1. The van der Waals surface area contributed by atoms with E-state index in [0.717, 1.165) is 6.54 Å². The molecule has 21 heavy (non-hydrogen) atoms. The van der Waals surface area contributed by atoms with Crippen molar-refractivity contribution >= 4 is 25.4 Å². The SMILES string of the molecule is COC(=O)[C@@H](CNCc1ccccc1)[Se]c1ccccc1. The summed E-state index contributed by atoms with van der Waals surface area (Å²) >= 11 is 0.0675. The molecule has 3 nitrogen and oxygen atoms in total. The molecule has 0 unspecified atom stereocenters. The van der Waals surface area contributed by atoms with Gasteiger partial charge in [0.05, 0.1) is 0 Å². The molecule has 0 aliphatic carbocycles. The molecule has 0 saturated heterocycles. The molecule has 0 aromatic heterocycles. The Kier molecular flexibility index (Phi) is 6.48. The van der Waals surface area contributed by atoms with Crippen LogP contribution in [0.4, 0.5) is 0 Å². The van der Waals surface area contributed by atoms with Gasteiger partial charge in [-0.3, -0.25) is 0 Å². The van der Waals surface area contributed by atoms with Crippen molar-refractivity contribution in [2.75, 3.05) is 13.7 Å². The number of carbonyl (C=O) groups excluding carboxylic acids is 1. The first-order valence-corrected chi connectivity index (χ1v) is 8.68. The van der Waals surface area contributed by atoms with E-state index >= 15 is 0 Å². The molecule has 1 atom stereocenters. The quantitative estimate of drug-likeness (QED) is 0.612. The molecule has 2 aromatic rings. The van der Waals surface area contributed by atoms with Crippen LogP contribution in [-0.4, -0.2) is 34.6 Å². The van der Waals surface area contributed by atoms with E-state index in [1.54, 1.807) is 0 Å². The predicted molar refractivity (Wildman–Crippen MR) is 85.7 cm³/mol. The van der Waals surface area contributed by atoms with Crippen LogP contribution >= 0.6 is 0 Å². The van der Waals surface area contributed by atoms with Gasteiger partial charge in [0.25, 0.3) is 0 Å². The van der Waals surface area contributed by atoms with Gasteiger partial charge in [-0.2, -0.15) is 0 Å². The van der Waals surface area contributed by atoms with Gasteiger partial charge in [-0.25, -0.2) is 0 Å². The van der Waals surface area contributed by atoms with Gasteiger partial charge in [0, 0.05) is 0 Å². The van der Waals surface area contributed by atoms with Crippen LogP contribution in [0.5, 0.6) is 0 Å². The third kappa shape index (κ3) is 5.35. The average molecular weight is 348 g/mol. The van der Waals surface area contributed by atoms with E-state index in [-0.39, 0.29) is 25.7 Å². The molecule has 0 bridgehead atoms. The van der Waals surface area contributed by atoms with Crippen LogP contribution in [0.2, 0.25) is 4.82 Å². The zero-order chi connectivity index (χ0) is 14.9. The number of carbonyl (C=O) groups is 1. The van der Waals surface area contributed by atoms with Gasteiger partial charge in [0.15, 0.2) is 0 Å². The Bertz CT molecular complexity index is 545. The van der Waals surface area contributed by atoms with Crippen molar-refractivity contribution in [3.63, 3.8) is 0 Å². The Labute approximate surface area is 131 Å². The van der Waals surface area contributed by atoms with Crippen LogP contribution < -0.4 is 9.78 Å². The summed E-state index contributed by atoms with van der Waals surface area (Å²) in [6.07, 6.45) is 0. The fraction of sp³-hybridized carbons (Fsp3) is 0.235. The van der Waals surface area contributed by atoms with Gasteiger partial charge in [-0.05, 0) is 0 Å². The average Bonchev–Trinajstić information content (AvgIpc) is 2.55. The third-order valence-corrected chi connectivity index (χ3v) is 5.48. The molecule has 4 heteroatoms. The molecule has 0 heterocycles. The van der Waals surface area contributed by atoms with Crippen molar-refractivity contribution in [3.05, 3.63) is 66.2 Å². The summed E-state index contributed by atoms with van der Waals surface area (Å²) in [6, 6.07) is 20.3. The van der Waals surface area contributed by atoms with Crippen molar-refractivity contribution in [1.82, 2.24) is 5.32 Å². The Morgan fingerprint density at radius 2 is 1.71 bits per heavy atom. The van der Waals surface area contributed by atoms with Crippen molar-refractivity contribution in [1.29, 1.82) is 0 Å². The van der Waals surface area contributed by atoms with Gasteiger partial charge in [0.2, 0.25) is 0 Å². The summed E-state index contributed by atoms with van der Waals surface area (Å²) in [6.45, 7) is 1.40. The summed E-state index contributed by atoms with van der Waals surface area (Å²) < 4.78 is 6.13. The summed E-state index contributed by atoms with van der Waals surface area (Å²) in [5, 5.41) is 3.35. The van der Waals surface area contributed by atoms with Crippen LogP contribution in [-0.2, 0) is 16.1 Å². The normalized spacial score (nSPS) is 11.9. The Hall–Kier alpha value is -1.61. The number of hydrogen-bond acceptors (Lipinski definition) is 3. The monoisotopic (exact) mass is 349 g/mol. The van der Waals surface area contributed by atoms with Gasteiger partial charge in [-0.15, -0.1) is 0 Å². The number of esters is 1. The van der Waals surface area contributed by atoms with Gasteiger partial charge in [0.1, 0.15) is 0 Å². The maximum absolute atomic E-state index is 11.9. The second-order valence-electron chi connectivity index (χ2n) is 4.56. The first-order valence-electron chi connectivity index (χ1n) is 6.84. The number of hydrogen-bond donors (Lipinski definition) is 1. The predicted octanol–water partition coefficient (Wildman–Crippen LogP) is 1.77. The van der Waals surface area contributed by atoms with Crippen LogP contribution in [0.3, 0.4) is 0 Å². The van der Waals surface area contributed by atoms with Crippen molar-refractivity contribution in [2.45, 2.75) is 11.4 Å².